The summed E-state index contributed by atoms with van der Waals surface area (Å²) in [7, 11) is 0. The molecule has 0 saturated carbocycles. The number of nitrogens with zero attached hydrogens (tertiary/aromatic N) is 2. The van der Waals surface area contributed by atoms with Gasteiger partial charge >= 0.3 is 0 Å². The van der Waals surface area contributed by atoms with Crippen molar-refractivity contribution in [2.75, 3.05) is 31.2 Å². The molecule has 1 saturated heterocycles. The Morgan fingerprint density at radius 1 is 1.17 bits per heavy atom. The molecule has 1 aliphatic heterocycles. The molecule has 0 spiro atoms. The monoisotopic (exact) mass is 244 g/mol. The number of rotatable bonds is 2. The van der Waals surface area contributed by atoms with Gasteiger partial charge in [-0.2, -0.15) is 0 Å². The number of aliphatic hydroxyl groups excluding tert-OH is 1. The molecule has 1 aromatic carbocycles. The minimum atomic E-state index is 0.0247. The molecule has 2 heterocycles. The standard InChI is InChI=1S/C14H16N2O2/c17-10-11-9-15-14(16-5-7-18-8-6-16)13-4-2-1-3-12(11)13/h1-4,9,17H,5-8,10H2. The number of hydrogen-bond donors (Lipinski definition) is 1. The van der Waals surface area contributed by atoms with Crippen molar-refractivity contribution in [3.8, 4) is 0 Å². The maximum absolute atomic E-state index is 9.36. The summed E-state index contributed by atoms with van der Waals surface area (Å²) in [6.07, 6.45) is 1.77. The van der Waals surface area contributed by atoms with E-state index in [4.69, 9.17) is 4.74 Å². The number of anilines is 1. The van der Waals surface area contributed by atoms with Gasteiger partial charge in [-0.25, -0.2) is 4.98 Å². The van der Waals surface area contributed by atoms with E-state index >= 15 is 0 Å². The van der Waals surface area contributed by atoms with Crippen LogP contribution in [-0.4, -0.2) is 36.4 Å². The summed E-state index contributed by atoms with van der Waals surface area (Å²) in [5, 5.41) is 11.5. The molecule has 2 aromatic rings. The summed E-state index contributed by atoms with van der Waals surface area (Å²) in [6.45, 7) is 3.26. The first kappa shape index (κ1) is 11.4. The van der Waals surface area contributed by atoms with Gasteiger partial charge in [0, 0.05) is 30.2 Å². The van der Waals surface area contributed by atoms with Gasteiger partial charge in [-0.3, -0.25) is 0 Å². The number of pyridine rings is 1. The van der Waals surface area contributed by atoms with E-state index in [0.717, 1.165) is 48.5 Å². The average Bonchev–Trinajstić information content (AvgIpc) is 2.47. The van der Waals surface area contributed by atoms with Crippen LogP contribution >= 0.6 is 0 Å². The molecular weight excluding hydrogens is 228 g/mol. The summed E-state index contributed by atoms with van der Waals surface area (Å²) in [6, 6.07) is 8.10. The molecule has 1 N–H and O–H groups in total. The summed E-state index contributed by atoms with van der Waals surface area (Å²) < 4.78 is 5.37. The van der Waals surface area contributed by atoms with Crippen molar-refractivity contribution in [2.24, 2.45) is 0 Å². The third-order valence-corrected chi connectivity index (χ3v) is 3.34. The van der Waals surface area contributed by atoms with Crippen molar-refractivity contribution >= 4 is 16.6 Å². The zero-order chi connectivity index (χ0) is 12.4. The lowest BCUT2D eigenvalue weighted by Crippen LogP contribution is -2.36. The van der Waals surface area contributed by atoms with Crippen LogP contribution in [0, 0.1) is 0 Å². The van der Waals surface area contributed by atoms with Gasteiger partial charge in [0.05, 0.1) is 19.8 Å². The Morgan fingerprint density at radius 3 is 2.61 bits per heavy atom. The van der Waals surface area contributed by atoms with Gasteiger partial charge in [0.1, 0.15) is 5.82 Å². The Hall–Kier alpha value is -1.65. The third-order valence-electron chi connectivity index (χ3n) is 3.34. The molecule has 4 nitrogen and oxygen atoms in total. The molecule has 0 atom stereocenters. The second kappa shape index (κ2) is 4.92. The fourth-order valence-electron chi connectivity index (χ4n) is 2.39. The van der Waals surface area contributed by atoms with Crippen LogP contribution in [0.15, 0.2) is 30.5 Å². The Bertz CT molecular complexity index is 550. The van der Waals surface area contributed by atoms with Crippen molar-refractivity contribution in [3.63, 3.8) is 0 Å². The van der Waals surface area contributed by atoms with Crippen molar-refractivity contribution in [1.82, 2.24) is 4.98 Å². The Balaban J connectivity index is 2.12. The van der Waals surface area contributed by atoms with E-state index in [2.05, 4.69) is 16.0 Å². The topological polar surface area (TPSA) is 45.6 Å². The van der Waals surface area contributed by atoms with E-state index in [0.29, 0.717) is 0 Å². The summed E-state index contributed by atoms with van der Waals surface area (Å²) >= 11 is 0. The first-order valence-corrected chi connectivity index (χ1v) is 6.20. The van der Waals surface area contributed by atoms with Crippen molar-refractivity contribution in [3.05, 3.63) is 36.0 Å². The van der Waals surface area contributed by atoms with E-state index < -0.39 is 0 Å². The number of fused-ring (bicyclic) bond motifs is 1. The van der Waals surface area contributed by atoms with Crippen LogP contribution in [0.2, 0.25) is 0 Å². The first-order chi connectivity index (χ1) is 8.90. The molecule has 1 aliphatic rings. The summed E-state index contributed by atoms with van der Waals surface area (Å²) in [4.78, 5) is 6.75. The first-order valence-electron chi connectivity index (χ1n) is 6.20. The molecular formula is C14H16N2O2. The molecule has 1 aromatic heterocycles. The number of aromatic nitrogens is 1. The van der Waals surface area contributed by atoms with Crippen LogP contribution in [0.25, 0.3) is 10.8 Å². The SMILES string of the molecule is OCc1cnc(N2CCOCC2)c2ccccc12. The summed E-state index contributed by atoms with van der Waals surface area (Å²) in [5.41, 5.74) is 0.877. The fraction of sp³-hybridized carbons (Fsp3) is 0.357. The average molecular weight is 244 g/mol. The quantitative estimate of drug-likeness (QED) is 0.871. The molecule has 94 valence electrons. The largest absolute Gasteiger partial charge is 0.392 e. The van der Waals surface area contributed by atoms with E-state index in [-0.39, 0.29) is 6.61 Å². The minimum Gasteiger partial charge on any atom is -0.392 e. The summed E-state index contributed by atoms with van der Waals surface area (Å²) in [5.74, 6) is 0.992. The zero-order valence-electron chi connectivity index (χ0n) is 10.2. The van der Waals surface area contributed by atoms with E-state index in [1.807, 2.05) is 18.2 Å². The normalized spacial score (nSPS) is 16.2. The number of morpholine rings is 1. The number of aliphatic hydroxyl groups is 1. The third kappa shape index (κ3) is 1.94. The lowest BCUT2D eigenvalue weighted by molar-refractivity contribution is 0.122. The minimum absolute atomic E-state index is 0.0247. The molecule has 0 radical (unpaired) electrons. The highest BCUT2D eigenvalue weighted by molar-refractivity contribution is 5.94. The lowest BCUT2D eigenvalue weighted by Gasteiger charge is -2.29. The molecule has 4 heteroatoms. The Kier molecular flexibility index (Phi) is 3.13. The van der Waals surface area contributed by atoms with Gasteiger partial charge < -0.3 is 14.7 Å². The molecule has 3 rings (SSSR count). The van der Waals surface area contributed by atoms with Crippen LogP contribution in [0.4, 0.5) is 5.82 Å². The van der Waals surface area contributed by atoms with Gasteiger partial charge in [-0.15, -0.1) is 0 Å². The highest BCUT2D eigenvalue weighted by Gasteiger charge is 2.16. The number of benzene rings is 1. The molecule has 1 fully saturated rings. The molecule has 18 heavy (non-hydrogen) atoms. The van der Waals surface area contributed by atoms with Crippen molar-refractivity contribution in [2.45, 2.75) is 6.61 Å². The zero-order valence-corrected chi connectivity index (χ0v) is 10.2. The van der Waals surface area contributed by atoms with E-state index in [1.54, 1.807) is 6.20 Å². The van der Waals surface area contributed by atoms with Crippen LogP contribution in [0.5, 0.6) is 0 Å². The molecule has 0 unspecified atom stereocenters. The number of ether oxygens (including phenoxy) is 1. The predicted octanol–water partition coefficient (Wildman–Crippen LogP) is 1.56. The van der Waals surface area contributed by atoms with Crippen LogP contribution in [0.3, 0.4) is 0 Å². The van der Waals surface area contributed by atoms with E-state index in [1.165, 1.54) is 0 Å². The second-order valence-electron chi connectivity index (χ2n) is 4.41. The molecule has 0 amide bonds. The van der Waals surface area contributed by atoms with Crippen LogP contribution in [0.1, 0.15) is 5.56 Å². The van der Waals surface area contributed by atoms with Crippen LogP contribution in [-0.2, 0) is 11.3 Å². The van der Waals surface area contributed by atoms with Gasteiger partial charge in [-0.05, 0) is 5.39 Å². The maximum atomic E-state index is 9.36. The van der Waals surface area contributed by atoms with Gasteiger partial charge in [-0.1, -0.05) is 24.3 Å². The highest BCUT2D eigenvalue weighted by Crippen LogP contribution is 2.27. The number of hydrogen-bond acceptors (Lipinski definition) is 4. The maximum Gasteiger partial charge on any atom is 0.136 e. The smallest absolute Gasteiger partial charge is 0.136 e. The van der Waals surface area contributed by atoms with Crippen LogP contribution < -0.4 is 4.90 Å². The predicted molar refractivity (Wildman–Crippen MR) is 70.7 cm³/mol. The lowest BCUT2D eigenvalue weighted by atomic mass is 10.1. The van der Waals surface area contributed by atoms with Crippen molar-refractivity contribution < 1.29 is 9.84 Å². The highest BCUT2D eigenvalue weighted by atomic mass is 16.5. The van der Waals surface area contributed by atoms with Crippen molar-refractivity contribution in [1.29, 1.82) is 0 Å². The molecule has 0 bridgehead atoms. The van der Waals surface area contributed by atoms with E-state index in [9.17, 15) is 5.11 Å². The Morgan fingerprint density at radius 2 is 1.89 bits per heavy atom. The molecule has 0 aliphatic carbocycles. The van der Waals surface area contributed by atoms with Gasteiger partial charge in [0.15, 0.2) is 0 Å². The fourth-order valence-corrected chi connectivity index (χ4v) is 2.39. The Labute approximate surface area is 106 Å². The second-order valence-corrected chi connectivity index (χ2v) is 4.41. The van der Waals surface area contributed by atoms with Gasteiger partial charge in [0.2, 0.25) is 0 Å². The van der Waals surface area contributed by atoms with Gasteiger partial charge in [0.25, 0.3) is 0 Å².